The van der Waals surface area contributed by atoms with Crippen LogP contribution in [0.2, 0.25) is 0 Å². The summed E-state index contributed by atoms with van der Waals surface area (Å²) in [5.41, 5.74) is 0. The third kappa shape index (κ3) is 1.83. The molecule has 0 radical (unpaired) electrons. The minimum atomic E-state index is -0.942. The summed E-state index contributed by atoms with van der Waals surface area (Å²) in [6.07, 6.45) is 0.621. The second-order valence-corrected chi connectivity index (χ2v) is 3.75. The molecule has 0 unspecified atom stereocenters. The first-order chi connectivity index (χ1) is 7.22. The summed E-state index contributed by atoms with van der Waals surface area (Å²) >= 11 is 0. The average Bonchev–Trinajstić information content (AvgIpc) is 2.86. The van der Waals surface area contributed by atoms with E-state index in [1.165, 1.54) is 4.90 Å². The van der Waals surface area contributed by atoms with Crippen LogP contribution < -0.4 is 0 Å². The Morgan fingerprint density at radius 3 is 2.93 bits per heavy atom. The number of aliphatic hydroxyl groups is 1. The van der Waals surface area contributed by atoms with Crippen molar-refractivity contribution in [3.63, 3.8) is 0 Å². The fraction of sp³-hybridized carbons (Fsp3) is 0.500. The van der Waals surface area contributed by atoms with E-state index in [-0.39, 0.29) is 18.4 Å². The van der Waals surface area contributed by atoms with Gasteiger partial charge in [-0.25, -0.2) is 4.79 Å². The molecule has 5 nitrogen and oxygen atoms in total. The topological polar surface area (TPSA) is 73.9 Å². The zero-order valence-electron chi connectivity index (χ0n) is 8.17. The molecule has 0 aliphatic carbocycles. The molecule has 5 heteroatoms. The Bertz CT molecular complexity index is 335. The minimum Gasteiger partial charge on any atom is -0.469 e. The van der Waals surface area contributed by atoms with E-state index in [1.807, 2.05) is 6.07 Å². The first kappa shape index (κ1) is 10.0. The van der Waals surface area contributed by atoms with Gasteiger partial charge >= 0.3 is 6.09 Å². The highest BCUT2D eigenvalue weighted by atomic mass is 16.4. The van der Waals surface area contributed by atoms with Gasteiger partial charge in [0.25, 0.3) is 0 Å². The zero-order chi connectivity index (χ0) is 10.8. The van der Waals surface area contributed by atoms with Crippen molar-refractivity contribution in [3.8, 4) is 0 Å². The fourth-order valence-electron chi connectivity index (χ4n) is 2.04. The van der Waals surface area contributed by atoms with Crippen LogP contribution in [-0.4, -0.2) is 40.9 Å². The van der Waals surface area contributed by atoms with Crippen molar-refractivity contribution in [3.05, 3.63) is 24.2 Å². The maximum Gasteiger partial charge on any atom is 0.407 e. The number of aliphatic hydroxyl groups excluding tert-OH is 1. The monoisotopic (exact) mass is 211 g/mol. The molecule has 0 bridgehead atoms. The highest BCUT2D eigenvalue weighted by Gasteiger charge is 2.37. The SMILES string of the molecule is O=C(O)N1C[C@H](CO)[C@@H](c2ccco2)C1. The number of amides is 1. The number of carboxylic acid groups (broad SMARTS) is 1. The van der Waals surface area contributed by atoms with Crippen LogP contribution in [0.1, 0.15) is 11.7 Å². The predicted octanol–water partition coefficient (Wildman–Crippen LogP) is 0.965. The highest BCUT2D eigenvalue weighted by molar-refractivity contribution is 5.65. The van der Waals surface area contributed by atoms with Gasteiger partial charge in [0.05, 0.1) is 6.26 Å². The van der Waals surface area contributed by atoms with Gasteiger partial charge in [-0.15, -0.1) is 0 Å². The molecule has 2 N–H and O–H groups in total. The van der Waals surface area contributed by atoms with E-state index in [0.717, 1.165) is 5.76 Å². The number of nitrogens with zero attached hydrogens (tertiary/aromatic N) is 1. The summed E-state index contributed by atoms with van der Waals surface area (Å²) in [7, 11) is 0. The standard InChI is InChI=1S/C10H13NO4/c12-6-7-4-11(10(13)14)5-8(7)9-2-1-3-15-9/h1-3,7-8,12H,4-6H2,(H,13,14)/t7-,8+/m1/s1. The normalized spacial score (nSPS) is 25.8. The smallest absolute Gasteiger partial charge is 0.407 e. The van der Waals surface area contributed by atoms with Gasteiger partial charge in [0, 0.05) is 31.5 Å². The summed E-state index contributed by atoms with van der Waals surface area (Å²) in [5.74, 6) is 0.658. The molecular formula is C10H13NO4. The van der Waals surface area contributed by atoms with Gasteiger partial charge in [0.1, 0.15) is 5.76 Å². The van der Waals surface area contributed by atoms with E-state index in [9.17, 15) is 9.90 Å². The first-order valence-electron chi connectivity index (χ1n) is 4.84. The Kier molecular flexibility index (Phi) is 2.64. The van der Waals surface area contributed by atoms with Gasteiger partial charge in [-0.2, -0.15) is 0 Å². The summed E-state index contributed by atoms with van der Waals surface area (Å²) in [5, 5.41) is 18.0. The van der Waals surface area contributed by atoms with Crippen LogP contribution in [0.5, 0.6) is 0 Å². The molecule has 2 heterocycles. The third-order valence-electron chi connectivity index (χ3n) is 2.85. The predicted molar refractivity (Wildman–Crippen MR) is 51.6 cm³/mol. The molecular weight excluding hydrogens is 198 g/mol. The Morgan fingerprint density at radius 1 is 1.60 bits per heavy atom. The summed E-state index contributed by atoms with van der Waals surface area (Å²) in [6.45, 7) is 0.750. The van der Waals surface area contributed by atoms with Crippen LogP contribution in [-0.2, 0) is 0 Å². The van der Waals surface area contributed by atoms with Crippen LogP contribution in [0.25, 0.3) is 0 Å². The van der Waals surface area contributed by atoms with Crippen molar-refractivity contribution in [1.82, 2.24) is 4.90 Å². The van der Waals surface area contributed by atoms with Crippen molar-refractivity contribution in [2.45, 2.75) is 5.92 Å². The maximum absolute atomic E-state index is 10.8. The van der Waals surface area contributed by atoms with E-state index >= 15 is 0 Å². The summed E-state index contributed by atoms with van der Waals surface area (Å²) in [4.78, 5) is 12.1. The van der Waals surface area contributed by atoms with Crippen molar-refractivity contribution in [1.29, 1.82) is 0 Å². The van der Waals surface area contributed by atoms with Crippen molar-refractivity contribution >= 4 is 6.09 Å². The molecule has 0 aromatic carbocycles. The van der Waals surface area contributed by atoms with Gasteiger partial charge in [0.15, 0.2) is 0 Å². The molecule has 2 atom stereocenters. The Hall–Kier alpha value is -1.49. The van der Waals surface area contributed by atoms with Gasteiger partial charge in [0.2, 0.25) is 0 Å². The fourth-order valence-corrected chi connectivity index (χ4v) is 2.04. The molecule has 1 aromatic heterocycles. The van der Waals surface area contributed by atoms with E-state index in [0.29, 0.717) is 13.1 Å². The quantitative estimate of drug-likeness (QED) is 0.764. The Labute approximate surface area is 86.9 Å². The molecule has 1 aliphatic heterocycles. The second kappa shape index (κ2) is 3.94. The van der Waals surface area contributed by atoms with Gasteiger partial charge < -0.3 is 19.5 Å². The molecule has 82 valence electrons. The molecule has 15 heavy (non-hydrogen) atoms. The number of hydrogen-bond acceptors (Lipinski definition) is 3. The minimum absolute atomic E-state index is 0.0187. The molecule has 0 saturated carbocycles. The van der Waals surface area contributed by atoms with Crippen molar-refractivity contribution < 1.29 is 19.4 Å². The number of carbonyl (C=O) groups is 1. The van der Waals surface area contributed by atoms with Gasteiger partial charge in [-0.3, -0.25) is 0 Å². The largest absolute Gasteiger partial charge is 0.469 e. The van der Waals surface area contributed by atoms with Crippen molar-refractivity contribution in [2.75, 3.05) is 19.7 Å². The number of furan rings is 1. The first-order valence-corrected chi connectivity index (χ1v) is 4.84. The second-order valence-electron chi connectivity index (χ2n) is 3.75. The number of likely N-dealkylation sites (tertiary alicyclic amines) is 1. The molecule has 1 fully saturated rings. The van der Waals surface area contributed by atoms with Crippen LogP contribution in [0.15, 0.2) is 22.8 Å². The average molecular weight is 211 g/mol. The molecule has 1 saturated heterocycles. The lowest BCUT2D eigenvalue weighted by Crippen LogP contribution is -2.27. The van der Waals surface area contributed by atoms with E-state index < -0.39 is 6.09 Å². The summed E-state index contributed by atoms with van der Waals surface area (Å²) in [6, 6.07) is 3.59. The zero-order valence-corrected chi connectivity index (χ0v) is 8.17. The number of hydrogen-bond donors (Lipinski definition) is 2. The van der Waals surface area contributed by atoms with E-state index in [2.05, 4.69) is 0 Å². The molecule has 2 rings (SSSR count). The molecule has 1 aromatic rings. The summed E-state index contributed by atoms with van der Waals surface area (Å²) < 4.78 is 5.25. The van der Waals surface area contributed by atoms with E-state index in [1.54, 1.807) is 12.3 Å². The lowest BCUT2D eigenvalue weighted by Gasteiger charge is -2.11. The Morgan fingerprint density at radius 2 is 2.40 bits per heavy atom. The molecule has 1 aliphatic rings. The van der Waals surface area contributed by atoms with Gasteiger partial charge in [-0.1, -0.05) is 0 Å². The third-order valence-corrected chi connectivity index (χ3v) is 2.85. The van der Waals surface area contributed by atoms with Gasteiger partial charge in [-0.05, 0) is 12.1 Å². The number of rotatable bonds is 2. The molecule has 1 amide bonds. The molecule has 0 spiro atoms. The lowest BCUT2D eigenvalue weighted by molar-refractivity contribution is 0.150. The van der Waals surface area contributed by atoms with E-state index in [4.69, 9.17) is 9.52 Å². The van der Waals surface area contributed by atoms with Crippen LogP contribution in [0.4, 0.5) is 4.79 Å². The highest BCUT2D eigenvalue weighted by Crippen LogP contribution is 2.32. The van der Waals surface area contributed by atoms with Crippen molar-refractivity contribution in [2.24, 2.45) is 5.92 Å². The van der Waals surface area contributed by atoms with Crippen LogP contribution in [0, 0.1) is 5.92 Å². The lowest BCUT2D eigenvalue weighted by atomic mass is 9.95. The Balaban J connectivity index is 2.15. The van der Waals surface area contributed by atoms with Crippen LogP contribution in [0.3, 0.4) is 0 Å². The maximum atomic E-state index is 10.8. The van der Waals surface area contributed by atoms with Crippen LogP contribution >= 0.6 is 0 Å².